The highest BCUT2D eigenvalue weighted by Crippen LogP contribution is 2.18. The number of aliphatic imine (C=N–C) groups is 1. The van der Waals surface area contributed by atoms with Crippen molar-refractivity contribution in [1.82, 2.24) is 20.4 Å². The molecule has 3 atom stereocenters. The van der Waals surface area contributed by atoms with Crippen LogP contribution in [0.2, 0.25) is 0 Å². The summed E-state index contributed by atoms with van der Waals surface area (Å²) in [5.41, 5.74) is 1.28. The van der Waals surface area contributed by atoms with Gasteiger partial charge < -0.3 is 20.3 Å². The molecule has 0 aliphatic carbocycles. The first-order valence-corrected chi connectivity index (χ1v) is 12.2. The molecule has 1 aromatic rings. The van der Waals surface area contributed by atoms with Gasteiger partial charge in [0, 0.05) is 64.7 Å². The maximum Gasteiger partial charge on any atom is 0.223 e. The van der Waals surface area contributed by atoms with Crippen LogP contribution in [0.5, 0.6) is 0 Å². The van der Waals surface area contributed by atoms with Crippen LogP contribution in [0.25, 0.3) is 0 Å². The molecule has 2 N–H and O–H groups in total. The van der Waals surface area contributed by atoms with Crippen LogP contribution >= 0.6 is 0 Å². The molecule has 0 spiro atoms. The third-order valence-electron chi connectivity index (χ3n) is 6.10. The van der Waals surface area contributed by atoms with Crippen LogP contribution in [0.4, 0.5) is 0 Å². The summed E-state index contributed by atoms with van der Waals surface area (Å²) in [5.74, 6) is 1.41. The van der Waals surface area contributed by atoms with E-state index < -0.39 is 0 Å². The van der Waals surface area contributed by atoms with Gasteiger partial charge in [0.2, 0.25) is 5.91 Å². The number of carbonyl (C=O) groups excluding carboxylic acids is 1. The average molecular weight is 444 g/mol. The van der Waals surface area contributed by atoms with E-state index in [4.69, 9.17) is 9.73 Å². The predicted octanol–water partition coefficient (Wildman–Crippen LogP) is 2.13. The Balaban J connectivity index is 1.38. The fourth-order valence-corrected chi connectivity index (χ4v) is 4.64. The van der Waals surface area contributed by atoms with Gasteiger partial charge in [-0.25, -0.2) is 0 Å². The van der Waals surface area contributed by atoms with E-state index in [0.29, 0.717) is 31.1 Å². The van der Waals surface area contributed by atoms with Gasteiger partial charge >= 0.3 is 0 Å². The molecule has 0 radical (unpaired) electrons. The Kier molecular flexibility index (Phi) is 9.81. The largest absolute Gasteiger partial charge is 0.373 e. The first-order chi connectivity index (χ1) is 15.5. The lowest BCUT2D eigenvalue weighted by atomic mass is 10.1. The highest BCUT2D eigenvalue weighted by atomic mass is 16.5. The molecule has 178 valence electrons. The molecule has 0 bridgehead atoms. The number of amides is 1. The highest BCUT2D eigenvalue weighted by Gasteiger charge is 2.29. The molecule has 3 unspecified atom stereocenters. The number of morpholine rings is 1. The van der Waals surface area contributed by atoms with Crippen molar-refractivity contribution in [2.24, 2.45) is 10.9 Å². The minimum atomic E-state index is 0.257. The van der Waals surface area contributed by atoms with Crippen LogP contribution in [-0.2, 0) is 16.0 Å². The van der Waals surface area contributed by atoms with Crippen molar-refractivity contribution < 1.29 is 9.53 Å². The van der Waals surface area contributed by atoms with E-state index in [-0.39, 0.29) is 5.91 Å². The molecule has 3 rings (SSSR count). The number of likely N-dealkylation sites (tertiary alicyclic amines) is 1. The molecule has 2 heterocycles. The Hall–Kier alpha value is -2.12. The third-order valence-corrected chi connectivity index (χ3v) is 6.10. The molecule has 2 aliphatic rings. The molecule has 1 aromatic carbocycles. The Morgan fingerprint density at radius 2 is 1.84 bits per heavy atom. The highest BCUT2D eigenvalue weighted by molar-refractivity contribution is 5.80. The average Bonchev–Trinajstić information content (AvgIpc) is 3.13. The van der Waals surface area contributed by atoms with Crippen LogP contribution in [0.1, 0.15) is 39.2 Å². The summed E-state index contributed by atoms with van der Waals surface area (Å²) < 4.78 is 5.81. The summed E-state index contributed by atoms with van der Waals surface area (Å²) in [6.45, 7) is 13.5. The normalized spacial score (nSPS) is 24.7. The van der Waals surface area contributed by atoms with Gasteiger partial charge in [-0.3, -0.25) is 14.7 Å². The van der Waals surface area contributed by atoms with Crippen LogP contribution < -0.4 is 10.6 Å². The zero-order valence-corrected chi connectivity index (χ0v) is 20.1. The lowest BCUT2D eigenvalue weighted by molar-refractivity contribution is -0.127. The van der Waals surface area contributed by atoms with Crippen molar-refractivity contribution in [3.63, 3.8) is 0 Å². The summed E-state index contributed by atoms with van der Waals surface area (Å²) in [7, 11) is 0. The van der Waals surface area contributed by atoms with Crippen molar-refractivity contribution in [3.05, 3.63) is 35.9 Å². The maximum absolute atomic E-state index is 12.4. The van der Waals surface area contributed by atoms with Gasteiger partial charge in [-0.15, -0.1) is 0 Å². The van der Waals surface area contributed by atoms with E-state index in [2.05, 4.69) is 60.6 Å². The molecule has 1 amide bonds. The van der Waals surface area contributed by atoms with Gasteiger partial charge in [0.15, 0.2) is 5.96 Å². The number of carbonyl (C=O) groups is 1. The second kappa shape index (κ2) is 12.8. The van der Waals surface area contributed by atoms with E-state index in [9.17, 15) is 4.79 Å². The molecule has 7 nitrogen and oxygen atoms in total. The van der Waals surface area contributed by atoms with Gasteiger partial charge in [0.05, 0.1) is 12.2 Å². The number of hydrogen-bond acceptors (Lipinski definition) is 4. The monoisotopic (exact) mass is 443 g/mol. The van der Waals surface area contributed by atoms with Crippen molar-refractivity contribution in [3.8, 4) is 0 Å². The van der Waals surface area contributed by atoms with Crippen LogP contribution in [0, 0.1) is 5.92 Å². The second-order valence-corrected chi connectivity index (χ2v) is 9.16. The smallest absolute Gasteiger partial charge is 0.223 e. The van der Waals surface area contributed by atoms with Crippen LogP contribution in [0.15, 0.2) is 35.3 Å². The molecular formula is C25H41N5O2. The summed E-state index contributed by atoms with van der Waals surface area (Å²) in [5, 5.41) is 6.79. The number of guanidine groups is 1. The predicted molar refractivity (Wildman–Crippen MR) is 130 cm³/mol. The minimum absolute atomic E-state index is 0.257. The van der Waals surface area contributed by atoms with Gasteiger partial charge in [-0.1, -0.05) is 30.3 Å². The molecule has 2 saturated heterocycles. The third kappa shape index (κ3) is 8.10. The number of nitrogens with zero attached hydrogens (tertiary/aromatic N) is 3. The molecule has 2 fully saturated rings. The van der Waals surface area contributed by atoms with Gasteiger partial charge in [0.1, 0.15) is 0 Å². The quantitative estimate of drug-likeness (QED) is 0.329. The topological polar surface area (TPSA) is 69.2 Å². The fourth-order valence-electron chi connectivity index (χ4n) is 4.64. The van der Waals surface area contributed by atoms with Crippen molar-refractivity contribution in [2.75, 3.05) is 52.4 Å². The number of hydrogen-bond donors (Lipinski definition) is 2. The van der Waals surface area contributed by atoms with Gasteiger partial charge in [0.25, 0.3) is 0 Å². The lowest BCUT2D eigenvalue weighted by Gasteiger charge is -2.35. The van der Waals surface area contributed by atoms with E-state index in [0.717, 1.165) is 64.6 Å². The minimum Gasteiger partial charge on any atom is -0.373 e. The van der Waals surface area contributed by atoms with E-state index >= 15 is 0 Å². The molecule has 0 aromatic heterocycles. The zero-order valence-electron chi connectivity index (χ0n) is 20.1. The summed E-state index contributed by atoms with van der Waals surface area (Å²) in [6, 6.07) is 10.4. The van der Waals surface area contributed by atoms with E-state index in [1.54, 1.807) is 0 Å². The summed E-state index contributed by atoms with van der Waals surface area (Å²) in [4.78, 5) is 21.7. The van der Waals surface area contributed by atoms with E-state index in [1.165, 1.54) is 5.56 Å². The molecular weight excluding hydrogens is 402 g/mol. The molecule has 32 heavy (non-hydrogen) atoms. The van der Waals surface area contributed by atoms with Crippen molar-refractivity contribution >= 4 is 11.9 Å². The first-order valence-electron chi connectivity index (χ1n) is 12.2. The Labute approximate surface area is 193 Å². The summed E-state index contributed by atoms with van der Waals surface area (Å²) in [6.07, 6.45) is 3.20. The Morgan fingerprint density at radius 3 is 2.56 bits per heavy atom. The van der Waals surface area contributed by atoms with Crippen molar-refractivity contribution in [2.45, 2.75) is 52.2 Å². The van der Waals surface area contributed by atoms with Crippen molar-refractivity contribution in [1.29, 1.82) is 0 Å². The summed E-state index contributed by atoms with van der Waals surface area (Å²) >= 11 is 0. The number of ether oxygens (including phenoxy) is 1. The van der Waals surface area contributed by atoms with E-state index in [1.807, 2.05) is 11.0 Å². The maximum atomic E-state index is 12.4. The van der Waals surface area contributed by atoms with Gasteiger partial charge in [-0.2, -0.15) is 0 Å². The van der Waals surface area contributed by atoms with Gasteiger partial charge in [-0.05, 0) is 39.2 Å². The Morgan fingerprint density at radius 1 is 1.09 bits per heavy atom. The fraction of sp³-hybridized carbons (Fsp3) is 0.680. The zero-order chi connectivity index (χ0) is 22.8. The Bertz CT molecular complexity index is 716. The molecule has 0 saturated carbocycles. The molecule has 2 aliphatic heterocycles. The van der Waals surface area contributed by atoms with Crippen LogP contribution in [0.3, 0.4) is 0 Å². The second-order valence-electron chi connectivity index (χ2n) is 9.16. The van der Waals surface area contributed by atoms with Crippen LogP contribution in [-0.4, -0.2) is 86.2 Å². The number of benzene rings is 1. The SMILES string of the molecule is CCNC(=NCC1CC(=O)N(CCc2ccccc2)C1)NCCCN1CC(C)OC(C)C1. The number of rotatable bonds is 10. The molecule has 7 heteroatoms. The first kappa shape index (κ1) is 24.5. The number of nitrogens with one attached hydrogen (secondary N) is 2. The standard InChI is InChI=1S/C25H41N5O2/c1-4-26-25(27-12-8-13-29-17-20(2)32-21(3)18-29)28-16-23-15-24(31)30(19-23)14-11-22-9-6-5-7-10-22/h5-7,9-10,20-21,23H,4,8,11-19H2,1-3H3,(H2,26,27,28). The lowest BCUT2D eigenvalue weighted by Crippen LogP contribution is -2.46.